The Balaban J connectivity index is 1.55. The van der Waals surface area contributed by atoms with Crippen molar-refractivity contribution in [2.45, 2.75) is 26.4 Å². The first-order chi connectivity index (χ1) is 16.7. The zero-order valence-corrected chi connectivity index (χ0v) is 19.9. The number of ether oxygens (including phenoxy) is 1. The zero-order valence-electron chi connectivity index (χ0n) is 19.9. The monoisotopic (exact) mass is 484 g/mol. The van der Waals surface area contributed by atoms with Gasteiger partial charge < -0.3 is 14.5 Å². The highest BCUT2D eigenvalue weighted by atomic mass is 19.4. The fourth-order valence-corrected chi connectivity index (χ4v) is 4.36. The van der Waals surface area contributed by atoms with Crippen molar-refractivity contribution < 1.29 is 22.7 Å². The van der Waals surface area contributed by atoms with E-state index in [1.807, 2.05) is 13.0 Å². The van der Waals surface area contributed by atoms with Gasteiger partial charge in [0.2, 0.25) is 0 Å². The van der Waals surface area contributed by atoms with E-state index in [9.17, 15) is 18.0 Å². The Bertz CT molecular complexity index is 1220. The molecule has 0 bridgehead atoms. The second kappa shape index (κ2) is 9.93. The van der Waals surface area contributed by atoms with Gasteiger partial charge >= 0.3 is 6.18 Å². The predicted molar refractivity (Wildman–Crippen MR) is 127 cm³/mol. The van der Waals surface area contributed by atoms with Crippen molar-refractivity contribution in [2.75, 3.05) is 38.2 Å². The first-order valence-corrected chi connectivity index (χ1v) is 11.3. The molecule has 3 aromatic rings. The highest BCUT2D eigenvalue weighted by Gasteiger charge is 2.31. The summed E-state index contributed by atoms with van der Waals surface area (Å²) in [7, 11) is 1.54. The molecular formula is C26H27F3N4O2. The number of carbonyl (C=O) groups excluding carboxylic acids is 1. The number of aromatic nitrogens is 2. The van der Waals surface area contributed by atoms with Crippen LogP contribution in [0.15, 0.2) is 48.5 Å². The zero-order chi connectivity index (χ0) is 25.2. The number of anilines is 1. The van der Waals surface area contributed by atoms with Gasteiger partial charge in [-0.1, -0.05) is 30.3 Å². The molecule has 0 spiro atoms. The largest absolute Gasteiger partial charge is 0.496 e. The second-order valence-corrected chi connectivity index (χ2v) is 8.51. The van der Waals surface area contributed by atoms with Crippen molar-refractivity contribution in [1.29, 1.82) is 0 Å². The van der Waals surface area contributed by atoms with E-state index in [-0.39, 0.29) is 12.3 Å². The van der Waals surface area contributed by atoms with Gasteiger partial charge in [-0.15, -0.1) is 0 Å². The first-order valence-electron chi connectivity index (χ1n) is 11.3. The van der Waals surface area contributed by atoms with Crippen LogP contribution in [-0.2, 0) is 12.6 Å². The molecule has 0 saturated carbocycles. The fraction of sp³-hybridized carbons (Fsp3) is 0.346. The SMILES string of the molecule is COc1ccccc1C(=O)N1CCN(c2nc(C)nc(C)c2Cc2cccc(C(F)(F)F)c2)CC1. The lowest BCUT2D eigenvalue weighted by Crippen LogP contribution is -2.49. The maximum Gasteiger partial charge on any atom is 0.416 e. The number of para-hydroxylation sites is 1. The summed E-state index contributed by atoms with van der Waals surface area (Å²) < 4.78 is 45.0. The van der Waals surface area contributed by atoms with Crippen molar-refractivity contribution >= 4 is 11.7 Å². The van der Waals surface area contributed by atoms with Gasteiger partial charge in [0, 0.05) is 43.9 Å². The number of aryl methyl sites for hydroxylation is 2. The Morgan fingerprint density at radius 2 is 1.71 bits per heavy atom. The Labute approximate surface area is 202 Å². The number of carbonyl (C=O) groups is 1. The van der Waals surface area contributed by atoms with Gasteiger partial charge in [-0.25, -0.2) is 9.97 Å². The molecule has 1 fully saturated rings. The van der Waals surface area contributed by atoms with Gasteiger partial charge in [0.25, 0.3) is 5.91 Å². The summed E-state index contributed by atoms with van der Waals surface area (Å²) in [5.41, 5.74) is 1.91. The molecule has 35 heavy (non-hydrogen) atoms. The third kappa shape index (κ3) is 5.39. The standard InChI is InChI=1S/C26H27F3N4O2/c1-17-22(16-19-7-6-8-20(15-19)26(27,28)29)24(31-18(2)30-17)32-11-13-33(14-12-32)25(34)21-9-4-5-10-23(21)35-3/h4-10,15H,11-14,16H2,1-3H3. The summed E-state index contributed by atoms with van der Waals surface area (Å²) in [6, 6.07) is 12.5. The van der Waals surface area contributed by atoms with Crippen LogP contribution < -0.4 is 9.64 Å². The Kier molecular flexibility index (Phi) is 6.95. The third-order valence-electron chi connectivity index (χ3n) is 6.14. The van der Waals surface area contributed by atoms with Gasteiger partial charge in [0.15, 0.2) is 0 Å². The average molecular weight is 485 g/mol. The summed E-state index contributed by atoms with van der Waals surface area (Å²) in [4.78, 5) is 26.0. The molecule has 9 heteroatoms. The maximum absolute atomic E-state index is 13.2. The van der Waals surface area contributed by atoms with Crippen LogP contribution in [0.1, 0.15) is 38.6 Å². The van der Waals surface area contributed by atoms with Gasteiger partial charge in [-0.05, 0) is 37.6 Å². The Morgan fingerprint density at radius 3 is 2.40 bits per heavy atom. The lowest BCUT2D eigenvalue weighted by atomic mass is 10.0. The van der Waals surface area contributed by atoms with Crippen LogP contribution in [0.2, 0.25) is 0 Å². The molecule has 2 heterocycles. The van der Waals surface area contributed by atoms with Crippen molar-refractivity contribution in [3.8, 4) is 5.75 Å². The van der Waals surface area contributed by atoms with Gasteiger partial charge in [-0.3, -0.25) is 4.79 Å². The van der Waals surface area contributed by atoms with Crippen molar-refractivity contribution in [3.63, 3.8) is 0 Å². The van der Waals surface area contributed by atoms with Gasteiger partial charge in [0.1, 0.15) is 17.4 Å². The minimum absolute atomic E-state index is 0.0960. The van der Waals surface area contributed by atoms with Crippen LogP contribution in [0.5, 0.6) is 5.75 Å². The molecule has 0 unspecified atom stereocenters. The van der Waals surface area contributed by atoms with E-state index >= 15 is 0 Å². The number of alkyl halides is 3. The minimum atomic E-state index is -4.40. The van der Waals surface area contributed by atoms with Crippen molar-refractivity contribution in [2.24, 2.45) is 0 Å². The molecule has 184 valence electrons. The number of benzene rings is 2. The van der Waals surface area contributed by atoms with Gasteiger partial charge in [-0.2, -0.15) is 13.2 Å². The molecule has 0 radical (unpaired) electrons. The number of nitrogens with zero attached hydrogens (tertiary/aromatic N) is 4. The summed E-state index contributed by atoms with van der Waals surface area (Å²) in [5, 5.41) is 0. The van der Waals surface area contributed by atoms with E-state index in [4.69, 9.17) is 4.74 Å². The van der Waals surface area contributed by atoms with Crippen LogP contribution in [-0.4, -0.2) is 54.1 Å². The minimum Gasteiger partial charge on any atom is -0.496 e. The molecule has 0 N–H and O–H groups in total. The number of rotatable bonds is 5. The molecule has 2 aromatic carbocycles. The lowest BCUT2D eigenvalue weighted by molar-refractivity contribution is -0.137. The molecule has 1 aromatic heterocycles. The van der Waals surface area contributed by atoms with Crippen molar-refractivity contribution in [1.82, 2.24) is 14.9 Å². The number of hydrogen-bond acceptors (Lipinski definition) is 5. The van der Waals surface area contributed by atoms with E-state index < -0.39 is 11.7 Å². The molecule has 1 aliphatic rings. The quantitative estimate of drug-likeness (QED) is 0.527. The topological polar surface area (TPSA) is 58.6 Å². The number of halogens is 3. The van der Waals surface area contributed by atoms with Crippen LogP contribution in [0.3, 0.4) is 0 Å². The van der Waals surface area contributed by atoms with Gasteiger partial charge in [0.05, 0.1) is 18.2 Å². The summed E-state index contributed by atoms with van der Waals surface area (Å²) in [6.45, 7) is 5.72. The first kappa shape index (κ1) is 24.5. The van der Waals surface area contributed by atoms with E-state index in [2.05, 4.69) is 14.9 Å². The summed E-state index contributed by atoms with van der Waals surface area (Å²) in [6.07, 6.45) is -4.12. The van der Waals surface area contributed by atoms with Crippen LogP contribution in [0.25, 0.3) is 0 Å². The highest BCUT2D eigenvalue weighted by molar-refractivity contribution is 5.97. The molecule has 1 amide bonds. The van der Waals surface area contributed by atoms with E-state index in [1.54, 1.807) is 36.1 Å². The number of methoxy groups -OCH3 is 1. The van der Waals surface area contributed by atoms with E-state index in [0.29, 0.717) is 54.7 Å². The van der Waals surface area contributed by atoms with E-state index in [1.165, 1.54) is 19.2 Å². The number of piperazine rings is 1. The average Bonchev–Trinajstić information content (AvgIpc) is 2.85. The van der Waals surface area contributed by atoms with Crippen LogP contribution in [0, 0.1) is 13.8 Å². The number of amides is 1. The second-order valence-electron chi connectivity index (χ2n) is 8.51. The normalized spacial score (nSPS) is 14.2. The summed E-state index contributed by atoms with van der Waals surface area (Å²) in [5.74, 6) is 1.74. The molecule has 4 rings (SSSR count). The van der Waals surface area contributed by atoms with E-state index in [0.717, 1.165) is 17.3 Å². The van der Waals surface area contributed by atoms with Crippen LogP contribution in [0.4, 0.5) is 19.0 Å². The number of hydrogen-bond donors (Lipinski definition) is 0. The predicted octanol–water partition coefficient (Wildman–Crippen LogP) is 4.67. The molecule has 6 nitrogen and oxygen atoms in total. The molecule has 0 aliphatic carbocycles. The molecule has 1 saturated heterocycles. The summed E-state index contributed by atoms with van der Waals surface area (Å²) >= 11 is 0. The Hall–Kier alpha value is -3.62. The highest BCUT2D eigenvalue weighted by Crippen LogP contribution is 2.31. The third-order valence-corrected chi connectivity index (χ3v) is 6.14. The lowest BCUT2D eigenvalue weighted by Gasteiger charge is -2.36. The maximum atomic E-state index is 13.2. The molecular weight excluding hydrogens is 457 g/mol. The molecule has 0 atom stereocenters. The fourth-order valence-electron chi connectivity index (χ4n) is 4.36. The molecule has 1 aliphatic heterocycles. The van der Waals surface area contributed by atoms with Crippen molar-refractivity contribution in [3.05, 3.63) is 82.3 Å². The Morgan fingerprint density at radius 1 is 1.00 bits per heavy atom. The van der Waals surface area contributed by atoms with Crippen LogP contribution >= 0.6 is 0 Å². The smallest absolute Gasteiger partial charge is 0.416 e.